The van der Waals surface area contributed by atoms with Gasteiger partial charge in [0.05, 0.1) is 0 Å². The molecule has 1 aliphatic heterocycles. The zero-order chi connectivity index (χ0) is 8.81. The van der Waals surface area contributed by atoms with Crippen molar-refractivity contribution in [3.8, 4) is 0 Å². The number of hydrogen-bond donors (Lipinski definition) is 0. The third-order valence-electron chi connectivity index (χ3n) is 2.18. The summed E-state index contributed by atoms with van der Waals surface area (Å²) in [6.07, 6.45) is 10.3. The molecular weight excluding hydrogens is 148 g/mol. The standard InChI is InChI=1S/C10H16N2/c1-9-6-4-3-5-7-11-12-8-10(9)2/h4,6-10H,3,5H2,1-2H3/b6-4-,11-7-,12-8+. The van der Waals surface area contributed by atoms with Crippen LogP contribution in [0.4, 0.5) is 0 Å². The summed E-state index contributed by atoms with van der Waals surface area (Å²) in [5.41, 5.74) is 0. The van der Waals surface area contributed by atoms with E-state index in [-0.39, 0.29) is 0 Å². The van der Waals surface area contributed by atoms with E-state index in [4.69, 9.17) is 0 Å². The Morgan fingerprint density at radius 1 is 1.08 bits per heavy atom. The van der Waals surface area contributed by atoms with Crippen molar-refractivity contribution in [3.05, 3.63) is 12.2 Å². The first-order chi connectivity index (χ1) is 5.80. The predicted molar refractivity (Wildman–Crippen MR) is 53.7 cm³/mol. The van der Waals surface area contributed by atoms with E-state index in [0.29, 0.717) is 11.8 Å². The summed E-state index contributed by atoms with van der Waals surface area (Å²) in [5, 5.41) is 7.90. The number of hydrogen-bond acceptors (Lipinski definition) is 2. The molecule has 0 fully saturated rings. The van der Waals surface area contributed by atoms with E-state index < -0.39 is 0 Å². The first-order valence-corrected chi connectivity index (χ1v) is 4.52. The lowest BCUT2D eigenvalue weighted by Crippen LogP contribution is -2.06. The molecule has 0 aromatic carbocycles. The van der Waals surface area contributed by atoms with Crippen LogP contribution in [-0.2, 0) is 0 Å². The van der Waals surface area contributed by atoms with Crippen LogP contribution in [0.5, 0.6) is 0 Å². The second kappa shape index (κ2) is 4.86. The summed E-state index contributed by atoms with van der Waals surface area (Å²) in [6.45, 7) is 4.37. The van der Waals surface area contributed by atoms with Crippen LogP contribution in [0, 0.1) is 11.8 Å². The van der Waals surface area contributed by atoms with E-state index in [9.17, 15) is 0 Å². The second-order valence-corrected chi connectivity index (χ2v) is 3.29. The van der Waals surface area contributed by atoms with Gasteiger partial charge in [-0.1, -0.05) is 26.0 Å². The van der Waals surface area contributed by atoms with Crippen molar-refractivity contribution in [2.45, 2.75) is 26.7 Å². The molecule has 0 radical (unpaired) electrons. The van der Waals surface area contributed by atoms with Crippen LogP contribution < -0.4 is 0 Å². The van der Waals surface area contributed by atoms with Crippen molar-refractivity contribution >= 4 is 12.4 Å². The molecule has 2 unspecified atom stereocenters. The van der Waals surface area contributed by atoms with E-state index >= 15 is 0 Å². The van der Waals surface area contributed by atoms with E-state index in [0.717, 1.165) is 12.8 Å². The molecule has 0 saturated carbocycles. The van der Waals surface area contributed by atoms with Gasteiger partial charge in [0.2, 0.25) is 0 Å². The maximum atomic E-state index is 3.97. The Hall–Kier alpha value is -0.920. The van der Waals surface area contributed by atoms with Gasteiger partial charge < -0.3 is 0 Å². The maximum absolute atomic E-state index is 3.97. The Bertz CT molecular complexity index is 204. The summed E-state index contributed by atoms with van der Waals surface area (Å²) in [4.78, 5) is 0. The van der Waals surface area contributed by atoms with Crippen LogP contribution >= 0.6 is 0 Å². The molecule has 0 bridgehead atoms. The summed E-state index contributed by atoms with van der Waals surface area (Å²) in [7, 11) is 0. The van der Waals surface area contributed by atoms with Crippen molar-refractivity contribution in [2.24, 2.45) is 22.0 Å². The van der Waals surface area contributed by atoms with Gasteiger partial charge in [-0.2, -0.15) is 10.2 Å². The second-order valence-electron chi connectivity index (χ2n) is 3.29. The van der Waals surface area contributed by atoms with Gasteiger partial charge in [0.25, 0.3) is 0 Å². The van der Waals surface area contributed by atoms with Gasteiger partial charge in [0.15, 0.2) is 0 Å². The highest BCUT2D eigenvalue weighted by atomic mass is 15.2. The van der Waals surface area contributed by atoms with E-state index in [1.54, 1.807) is 0 Å². The van der Waals surface area contributed by atoms with Gasteiger partial charge in [-0.25, -0.2) is 0 Å². The summed E-state index contributed by atoms with van der Waals surface area (Å²) < 4.78 is 0. The molecule has 0 saturated heterocycles. The first kappa shape index (κ1) is 9.17. The van der Waals surface area contributed by atoms with Gasteiger partial charge >= 0.3 is 0 Å². The predicted octanol–water partition coefficient (Wildman–Crippen LogP) is 2.67. The molecule has 1 aliphatic rings. The number of nitrogens with zero attached hydrogens (tertiary/aromatic N) is 2. The van der Waals surface area contributed by atoms with Crippen LogP contribution in [-0.4, -0.2) is 12.4 Å². The van der Waals surface area contributed by atoms with Crippen LogP contribution in [0.15, 0.2) is 22.4 Å². The zero-order valence-corrected chi connectivity index (χ0v) is 7.77. The molecule has 0 spiro atoms. The molecule has 1 rings (SSSR count). The van der Waals surface area contributed by atoms with Crippen molar-refractivity contribution in [2.75, 3.05) is 0 Å². The fourth-order valence-electron chi connectivity index (χ4n) is 1.04. The molecule has 0 amide bonds. The minimum absolute atomic E-state index is 0.483. The van der Waals surface area contributed by atoms with Crippen molar-refractivity contribution in [3.63, 3.8) is 0 Å². The number of allylic oxidation sites excluding steroid dienone is 2. The van der Waals surface area contributed by atoms with Crippen LogP contribution in [0.25, 0.3) is 0 Å². The fraction of sp³-hybridized carbons (Fsp3) is 0.600. The molecule has 2 heteroatoms. The topological polar surface area (TPSA) is 24.7 Å². The highest BCUT2D eigenvalue weighted by Gasteiger charge is 2.05. The minimum atomic E-state index is 0.483. The maximum Gasteiger partial charge on any atom is 0.0304 e. The zero-order valence-electron chi connectivity index (χ0n) is 7.77. The Morgan fingerprint density at radius 2 is 1.92 bits per heavy atom. The van der Waals surface area contributed by atoms with Crippen molar-refractivity contribution < 1.29 is 0 Å². The first-order valence-electron chi connectivity index (χ1n) is 4.52. The lowest BCUT2D eigenvalue weighted by Gasteiger charge is -2.10. The molecule has 66 valence electrons. The summed E-state index contributed by atoms with van der Waals surface area (Å²) in [5.74, 6) is 1.05. The highest BCUT2D eigenvalue weighted by Crippen LogP contribution is 2.11. The van der Waals surface area contributed by atoms with Gasteiger partial charge in [0, 0.05) is 12.4 Å². The Balaban J connectivity index is 2.63. The monoisotopic (exact) mass is 164 g/mol. The molecule has 2 nitrogen and oxygen atoms in total. The largest absolute Gasteiger partial charge is 0.164 e. The van der Waals surface area contributed by atoms with Crippen LogP contribution in [0.1, 0.15) is 26.7 Å². The van der Waals surface area contributed by atoms with Gasteiger partial charge in [-0.3, -0.25) is 0 Å². The molecular formula is C10H16N2. The van der Waals surface area contributed by atoms with E-state index in [2.05, 4.69) is 36.2 Å². The fourth-order valence-corrected chi connectivity index (χ4v) is 1.04. The highest BCUT2D eigenvalue weighted by molar-refractivity contribution is 5.63. The Kier molecular flexibility index (Phi) is 3.71. The Morgan fingerprint density at radius 3 is 2.75 bits per heavy atom. The van der Waals surface area contributed by atoms with E-state index in [1.165, 1.54) is 0 Å². The number of rotatable bonds is 0. The SMILES string of the molecule is CC1/C=C\CC/C=N\N=C\C1C. The van der Waals surface area contributed by atoms with E-state index in [1.807, 2.05) is 12.4 Å². The van der Waals surface area contributed by atoms with Gasteiger partial charge in [-0.15, -0.1) is 0 Å². The minimum Gasteiger partial charge on any atom is -0.164 e. The van der Waals surface area contributed by atoms with Crippen LogP contribution in [0.2, 0.25) is 0 Å². The van der Waals surface area contributed by atoms with Gasteiger partial charge in [0.1, 0.15) is 0 Å². The normalized spacial score (nSPS) is 38.5. The van der Waals surface area contributed by atoms with Crippen molar-refractivity contribution in [1.82, 2.24) is 0 Å². The molecule has 0 aromatic heterocycles. The smallest absolute Gasteiger partial charge is 0.0304 e. The van der Waals surface area contributed by atoms with Crippen molar-refractivity contribution in [1.29, 1.82) is 0 Å². The summed E-state index contributed by atoms with van der Waals surface area (Å²) in [6, 6.07) is 0. The molecule has 2 atom stereocenters. The quantitative estimate of drug-likeness (QED) is 0.492. The third kappa shape index (κ3) is 2.99. The summed E-state index contributed by atoms with van der Waals surface area (Å²) >= 11 is 0. The van der Waals surface area contributed by atoms with Crippen LogP contribution in [0.3, 0.4) is 0 Å². The molecule has 0 N–H and O–H groups in total. The molecule has 0 aliphatic carbocycles. The molecule has 12 heavy (non-hydrogen) atoms. The lowest BCUT2D eigenvalue weighted by atomic mass is 9.96. The molecule has 0 aromatic rings. The lowest BCUT2D eigenvalue weighted by molar-refractivity contribution is 0.596. The average molecular weight is 164 g/mol. The third-order valence-corrected chi connectivity index (χ3v) is 2.18. The van der Waals surface area contributed by atoms with Gasteiger partial charge in [-0.05, 0) is 24.7 Å². The molecule has 1 heterocycles. The average Bonchev–Trinajstić information content (AvgIpc) is 2.08. The Labute approximate surface area is 74.1 Å².